The van der Waals surface area contributed by atoms with Crippen molar-refractivity contribution >= 4 is 29.4 Å². The molecule has 7 fully saturated rings. The summed E-state index contributed by atoms with van der Waals surface area (Å²) in [6, 6.07) is 5.82. The number of ether oxygens (including phenoxy) is 5. The number of methoxy groups -OCH3 is 3. The molecule has 13 heteroatoms. The van der Waals surface area contributed by atoms with Gasteiger partial charge in [0, 0.05) is 82.6 Å². The number of hydrogen-bond acceptors (Lipinski definition) is 12. The Bertz CT molecular complexity index is 1600. The van der Waals surface area contributed by atoms with E-state index in [1.165, 1.54) is 6.92 Å². The summed E-state index contributed by atoms with van der Waals surface area (Å²) in [7, 11) is 4.95. The quantitative estimate of drug-likeness (QED) is 0.285. The number of amides is 2. The summed E-state index contributed by atoms with van der Waals surface area (Å²) in [5, 5.41) is 26.4. The van der Waals surface area contributed by atoms with E-state index in [2.05, 4.69) is 4.90 Å². The molecule has 8 rings (SSSR count). The molecule has 2 aliphatic heterocycles. The van der Waals surface area contributed by atoms with Crippen LogP contribution in [0.1, 0.15) is 62.7 Å². The average molecular weight is 697 g/mol. The summed E-state index contributed by atoms with van der Waals surface area (Å²) >= 11 is 0. The van der Waals surface area contributed by atoms with Crippen molar-refractivity contribution in [2.75, 3.05) is 45.9 Å². The largest absolute Gasteiger partial charge is 0.461 e. The lowest BCUT2D eigenvalue weighted by atomic mass is 9.42. The van der Waals surface area contributed by atoms with Crippen molar-refractivity contribution in [2.24, 2.45) is 34.5 Å². The van der Waals surface area contributed by atoms with Gasteiger partial charge in [-0.1, -0.05) is 19.1 Å². The number of aliphatic hydroxyl groups is 2. The van der Waals surface area contributed by atoms with Gasteiger partial charge in [0.15, 0.2) is 5.60 Å². The van der Waals surface area contributed by atoms with Crippen molar-refractivity contribution in [3.8, 4) is 0 Å². The van der Waals surface area contributed by atoms with Crippen LogP contribution in [0.3, 0.4) is 0 Å². The van der Waals surface area contributed by atoms with Crippen LogP contribution in [0, 0.1) is 34.5 Å². The number of aliphatic hydroxyl groups excluding tert-OH is 1. The molecule has 7 aliphatic rings. The van der Waals surface area contributed by atoms with Gasteiger partial charge >= 0.3 is 11.9 Å². The van der Waals surface area contributed by atoms with Crippen molar-refractivity contribution in [1.82, 2.24) is 4.90 Å². The lowest BCUT2D eigenvalue weighted by Crippen LogP contribution is -2.82. The van der Waals surface area contributed by atoms with E-state index in [0.717, 1.165) is 4.90 Å². The number of para-hydroxylation sites is 1. The van der Waals surface area contributed by atoms with Gasteiger partial charge in [0.05, 0.1) is 48.3 Å². The first kappa shape index (κ1) is 34.2. The lowest BCUT2D eigenvalue weighted by Gasteiger charge is -2.70. The Labute approximate surface area is 291 Å². The molecule has 5 saturated carbocycles. The molecule has 2 heterocycles. The maximum Gasteiger partial charge on any atom is 0.340 e. The van der Waals surface area contributed by atoms with Gasteiger partial charge in [-0.3, -0.25) is 19.3 Å². The number of carbonyl (C=O) groups excluding carboxylic acids is 4. The van der Waals surface area contributed by atoms with Gasteiger partial charge in [0.2, 0.25) is 11.8 Å². The smallest absolute Gasteiger partial charge is 0.340 e. The van der Waals surface area contributed by atoms with E-state index in [4.69, 9.17) is 23.7 Å². The van der Waals surface area contributed by atoms with Crippen LogP contribution in [0.15, 0.2) is 24.3 Å². The summed E-state index contributed by atoms with van der Waals surface area (Å²) in [5.74, 6) is -3.22. The zero-order chi connectivity index (χ0) is 35.5. The third-order valence-corrected chi connectivity index (χ3v) is 14.3. The van der Waals surface area contributed by atoms with Crippen LogP contribution in [0.4, 0.5) is 5.69 Å². The normalized spacial score (nSPS) is 45.6. The van der Waals surface area contributed by atoms with E-state index >= 15 is 0 Å². The maximum atomic E-state index is 14.0. The van der Waals surface area contributed by atoms with Crippen LogP contribution >= 0.6 is 0 Å². The second-order valence-corrected chi connectivity index (χ2v) is 15.7. The Hall–Kier alpha value is -2.94. The summed E-state index contributed by atoms with van der Waals surface area (Å²) in [4.78, 5) is 55.6. The number of benzene rings is 1. The van der Waals surface area contributed by atoms with Crippen LogP contribution in [-0.2, 0) is 38.1 Å². The second kappa shape index (κ2) is 11.5. The van der Waals surface area contributed by atoms with E-state index in [1.54, 1.807) is 45.6 Å². The highest BCUT2D eigenvalue weighted by Gasteiger charge is 2.92. The molecule has 1 spiro atoms. The summed E-state index contributed by atoms with van der Waals surface area (Å²) < 4.78 is 31.3. The van der Waals surface area contributed by atoms with Crippen LogP contribution < -0.4 is 4.90 Å². The number of hydrogen-bond donors (Lipinski definition) is 2. The molecular formula is C37H48N2O11. The van der Waals surface area contributed by atoms with Crippen LogP contribution in [-0.4, -0.2) is 122 Å². The molecule has 50 heavy (non-hydrogen) atoms. The van der Waals surface area contributed by atoms with Gasteiger partial charge in [0.1, 0.15) is 5.60 Å². The zero-order valence-corrected chi connectivity index (χ0v) is 29.3. The van der Waals surface area contributed by atoms with Crippen molar-refractivity contribution < 1.29 is 53.1 Å². The van der Waals surface area contributed by atoms with Crippen LogP contribution in [0.2, 0.25) is 0 Å². The van der Waals surface area contributed by atoms with Gasteiger partial charge < -0.3 is 33.9 Å². The van der Waals surface area contributed by atoms with Gasteiger partial charge in [-0.05, 0) is 43.9 Å². The van der Waals surface area contributed by atoms with Gasteiger partial charge in [-0.2, -0.15) is 0 Å². The van der Waals surface area contributed by atoms with E-state index in [9.17, 15) is 29.4 Å². The molecule has 13 nitrogen and oxygen atoms in total. The van der Waals surface area contributed by atoms with Crippen molar-refractivity contribution in [3.05, 3.63) is 29.8 Å². The molecule has 0 aromatic heterocycles. The maximum absolute atomic E-state index is 14.0. The van der Waals surface area contributed by atoms with Crippen molar-refractivity contribution in [1.29, 1.82) is 0 Å². The standard InChI is InChI=1S/C37H48N2O11/c1-6-38-17-34(18-49-32(44)20-9-7-8-10-23(20)39-26(41)11-12-27(39)42)14-13-25(47-4)36-22-15-21-24(46-3)16-35(50-19(2)40,28(22)29(21)48-5)37(45,33(36)38)31(43)30(34)36/h7-10,21-22,24-25,28-31,33,43,45H,6,11-18H2,1-5H3/t21-,22-,24+,25+,28-,29-,30-,31+,33+,34+,35-,36+,37-/m1/s1. The minimum atomic E-state index is -1.93. The molecule has 7 bridgehead atoms. The third kappa shape index (κ3) is 3.94. The number of fused-ring (bicyclic) bond motifs is 2. The van der Waals surface area contributed by atoms with Gasteiger partial charge in [0.25, 0.3) is 0 Å². The number of likely N-dealkylation sites (tertiary alicyclic amines) is 1. The molecule has 2 amide bonds. The third-order valence-electron chi connectivity index (χ3n) is 14.3. The molecule has 2 N–H and O–H groups in total. The van der Waals surface area contributed by atoms with Crippen molar-refractivity contribution in [3.63, 3.8) is 0 Å². The number of imide groups is 1. The Morgan fingerprint density at radius 1 is 1.04 bits per heavy atom. The fraction of sp³-hybridized carbons (Fsp3) is 0.730. The number of esters is 2. The number of rotatable bonds is 9. The van der Waals surface area contributed by atoms with Gasteiger partial charge in [-0.15, -0.1) is 0 Å². The molecule has 2 saturated heterocycles. The molecule has 0 unspecified atom stereocenters. The Balaban J connectivity index is 1.25. The lowest BCUT2D eigenvalue weighted by molar-refractivity contribution is -0.322. The number of anilines is 1. The first-order valence-corrected chi connectivity index (χ1v) is 18.0. The molecule has 272 valence electrons. The Morgan fingerprint density at radius 3 is 2.40 bits per heavy atom. The minimum absolute atomic E-state index is 0.0341. The Morgan fingerprint density at radius 2 is 1.76 bits per heavy atom. The predicted molar refractivity (Wildman–Crippen MR) is 175 cm³/mol. The average Bonchev–Trinajstić information content (AvgIpc) is 3.66. The molecule has 0 radical (unpaired) electrons. The number of carbonyl (C=O) groups is 4. The summed E-state index contributed by atoms with van der Waals surface area (Å²) in [5.41, 5.74) is -4.77. The Kier molecular flexibility index (Phi) is 7.88. The highest BCUT2D eigenvalue weighted by atomic mass is 16.6. The summed E-state index contributed by atoms with van der Waals surface area (Å²) in [6.45, 7) is 4.21. The summed E-state index contributed by atoms with van der Waals surface area (Å²) in [6.07, 6.45) is -0.321. The number of nitrogens with zero attached hydrogens (tertiary/aromatic N) is 2. The molecule has 1 aromatic carbocycles. The molecule has 13 atom stereocenters. The monoisotopic (exact) mass is 696 g/mol. The van der Waals surface area contributed by atoms with Crippen LogP contribution in [0.5, 0.6) is 0 Å². The predicted octanol–water partition coefficient (Wildman–Crippen LogP) is 1.71. The van der Waals surface area contributed by atoms with Crippen molar-refractivity contribution in [2.45, 2.75) is 94.0 Å². The van der Waals surface area contributed by atoms with E-state index < -0.39 is 64.1 Å². The topological polar surface area (TPSA) is 161 Å². The molecule has 5 aliphatic carbocycles. The minimum Gasteiger partial charge on any atom is -0.461 e. The number of piperidine rings is 1. The van der Waals surface area contributed by atoms with E-state index in [1.807, 2.05) is 6.92 Å². The SMILES string of the molecule is CCN1C[C@]2(COC(=O)c3ccccc3N3C(=O)CCC3=O)CC[C@H](OC)[C@@]34[C@@H]5C[C@H]6[C@@H](OC)[C@@H]5[C@](OC(C)=O)(C[C@@H]6OC)[C@@](O)([C@@H](O)[C@H]23)[C@@H]14. The highest BCUT2D eigenvalue weighted by Crippen LogP contribution is 2.80. The van der Waals surface area contributed by atoms with E-state index in [0.29, 0.717) is 32.4 Å². The molecule has 1 aromatic rings. The van der Waals surface area contributed by atoms with Gasteiger partial charge in [-0.25, -0.2) is 9.69 Å². The van der Waals surface area contributed by atoms with Crippen LogP contribution in [0.25, 0.3) is 0 Å². The first-order chi connectivity index (χ1) is 23.9. The second-order valence-electron chi connectivity index (χ2n) is 15.7. The zero-order valence-electron chi connectivity index (χ0n) is 29.3. The molecular weight excluding hydrogens is 648 g/mol. The highest BCUT2D eigenvalue weighted by molar-refractivity contribution is 6.21. The van der Waals surface area contributed by atoms with E-state index in [-0.39, 0.29) is 73.0 Å². The number of likely N-dealkylation sites (N-methyl/N-ethyl adjacent to an activating group) is 1. The first-order valence-electron chi connectivity index (χ1n) is 18.0. The fourth-order valence-electron chi connectivity index (χ4n) is 13.1. The fourth-order valence-corrected chi connectivity index (χ4v) is 13.1.